The number of hydrogen-bond acceptors (Lipinski definition) is 1. The fourth-order valence-electron chi connectivity index (χ4n) is 1.79. The normalized spacial score (nSPS) is 20.8. The highest BCUT2D eigenvalue weighted by atomic mass is 19.3. The highest BCUT2D eigenvalue weighted by Gasteiger charge is 2.20. The van der Waals surface area contributed by atoms with Crippen molar-refractivity contribution in [2.75, 3.05) is 0 Å². The maximum absolute atomic E-state index is 12.3. The summed E-state index contributed by atoms with van der Waals surface area (Å²) in [6.45, 7) is 0. The van der Waals surface area contributed by atoms with Crippen molar-refractivity contribution < 1.29 is 8.78 Å². The molecule has 0 radical (unpaired) electrons. The van der Waals surface area contributed by atoms with Gasteiger partial charge in [-0.15, -0.1) is 0 Å². The second-order valence-electron chi connectivity index (χ2n) is 3.40. The Labute approximate surface area is 75.6 Å². The summed E-state index contributed by atoms with van der Waals surface area (Å²) in [4.78, 5) is 0. The Bertz CT molecular complexity index is 323. The molecule has 0 spiro atoms. The minimum Gasteiger partial charge on any atom is -0.324 e. The van der Waals surface area contributed by atoms with E-state index in [9.17, 15) is 8.78 Å². The van der Waals surface area contributed by atoms with Crippen LogP contribution in [0.4, 0.5) is 8.78 Å². The predicted octanol–water partition coefficient (Wildman–Crippen LogP) is 2.57. The molecule has 0 fully saturated rings. The molecule has 1 aliphatic carbocycles. The van der Waals surface area contributed by atoms with Gasteiger partial charge in [-0.3, -0.25) is 0 Å². The molecule has 0 aliphatic heterocycles. The largest absolute Gasteiger partial charge is 0.324 e. The molecular weight excluding hydrogens is 172 g/mol. The van der Waals surface area contributed by atoms with Crippen LogP contribution in [0, 0.1) is 0 Å². The molecule has 2 N–H and O–H groups in total. The summed E-state index contributed by atoms with van der Waals surface area (Å²) in [6, 6.07) is 4.75. The lowest BCUT2D eigenvalue weighted by molar-refractivity contribution is 0.151. The van der Waals surface area contributed by atoms with Crippen molar-refractivity contribution in [1.82, 2.24) is 0 Å². The monoisotopic (exact) mass is 183 g/mol. The van der Waals surface area contributed by atoms with E-state index >= 15 is 0 Å². The van der Waals surface area contributed by atoms with Crippen molar-refractivity contribution in [2.24, 2.45) is 5.73 Å². The molecule has 70 valence electrons. The third-order valence-electron chi connectivity index (χ3n) is 2.55. The molecule has 1 atom stereocenters. The second kappa shape index (κ2) is 3.07. The van der Waals surface area contributed by atoms with Crippen LogP contribution >= 0.6 is 0 Å². The van der Waals surface area contributed by atoms with E-state index in [-0.39, 0.29) is 11.6 Å². The predicted molar refractivity (Wildman–Crippen MR) is 46.6 cm³/mol. The molecule has 1 aromatic carbocycles. The van der Waals surface area contributed by atoms with E-state index in [1.54, 1.807) is 6.07 Å². The highest BCUT2D eigenvalue weighted by molar-refractivity contribution is 5.38. The Kier molecular flexibility index (Phi) is 2.04. The molecule has 2 rings (SSSR count). The highest BCUT2D eigenvalue weighted by Crippen LogP contribution is 2.32. The lowest BCUT2D eigenvalue weighted by atomic mass is 10.1. The van der Waals surface area contributed by atoms with Gasteiger partial charge in [-0.25, -0.2) is 8.78 Å². The maximum atomic E-state index is 12.3. The average molecular weight is 183 g/mol. The van der Waals surface area contributed by atoms with Crippen LogP contribution in [0.3, 0.4) is 0 Å². The first kappa shape index (κ1) is 8.63. The zero-order valence-corrected chi connectivity index (χ0v) is 7.13. The van der Waals surface area contributed by atoms with E-state index in [4.69, 9.17) is 5.73 Å². The van der Waals surface area contributed by atoms with Gasteiger partial charge in [-0.05, 0) is 30.0 Å². The van der Waals surface area contributed by atoms with Crippen molar-refractivity contribution in [1.29, 1.82) is 0 Å². The summed E-state index contributed by atoms with van der Waals surface area (Å²) in [5.41, 5.74) is 7.87. The van der Waals surface area contributed by atoms with Crippen LogP contribution in [-0.2, 0) is 6.42 Å². The van der Waals surface area contributed by atoms with Gasteiger partial charge in [0, 0.05) is 11.6 Å². The number of rotatable bonds is 1. The molecule has 1 nitrogen and oxygen atoms in total. The summed E-state index contributed by atoms with van der Waals surface area (Å²) >= 11 is 0. The van der Waals surface area contributed by atoms with Gasteiger partial charge in [-0.2, -0.15) is 0 Å². The number of halogens is 2. The molecule has 0 saturated carbocycles. The molecular formula is C10H11F2N. The van der Waals surface area contributed by atoms with Crippen molar-refractivity contribution in [3.63, 3.8) is 0 Å². The minimum atomic E-state index is -2.39. The van der Waals surface area contributed by atoms with Gasteiger partial charge >= 0.3 is 0 Å². The van der Waals surface area contributed by atoms with Gasteiger partial charge in [0.2, 0.25) is 0 Å². The zero-order valence-electron chi connectivity index (χ0n) is 7.13. The van der Waals surface area contributed by atoms with E-state index in [2.05, 4.69) is 0 Å². The van der Waals surface area contributed by atoms with Crippen LogP contribution < -0.4 is 5.73 Å². The third kappa shape index (κ3) is 1.44. The van der Waals surface area contributed by atoms with Gasteiger partial charge in [-0.1, -0.05) is 12.1 Å². The quantitative estimate of drug-likeness (QED) is 0.711. The van der Waals surface area contributed by atoms with Crippen LogP contribution in [0.25, 0.3) is 0 Å². The lowest BCUT2D eigenvalue weighted by Gasteiger charge is -2.06. The van der Waals surface area contributed by atoms with Gasteiger partial charge in [0.05, 0.1) is 0 Å². The van der Waals surface area contributed by atoms with E-state index in [1.165, 1.54) is 12.1 Å². The SMILES string of the molecule is NC1CCc2ccc(C(F)F)cc21. The Hall–Kier alpha value is -0.960. The number of hydrogen-bond donors (Lipinski definition) is 1. The molecule has 0 heterocycles. The van der Waals surface area contributed by atoms with Crippen molar-refractivity contribution in [3.05, 3.63) is 34.9 Å². The number of benzene rings is 1. The van der Waals surface area contributed by atoms with Crippen LogP contribution in [-0.4, -0.2) is 0 Å². The number of fused-ring (bicyclic) bond motifs is 1. The zero-order chi connectivity index (χ0) is 9.42. The first-order valence-corrected chi connectivity index (χ1v) is 4.35. The topological polar surface area (TPSA) is 26.0 Å². The van der Waals surface area contributed by atoms with Crippen molar-refractivity contribution >= 4 is 0 Å². The van der Waals surface area contributed by atoms with Crippen LogP contribution in [0.1, 0.15) is 35.6 Å². The summed E-state index contributed by atoms with van der Waals surface area (Å²) in [5.74, 6) is 0. The van der Waals surface area contributed by atoms with Gasteiger partial charge in [0.25, 0.3) is 6.43 Å². The van der Waals surface area contributed by atoms with E-state index in [0.29, 0.717) is 0 Å². The smallest absolute Gasteiger partial charge is 0.263 e. The third-order valence-corrected chi connectivity index (χ3v) is 2.55. The Morgan fingerprint density at radius 2 is 2.15 bits per heavy atom. The first-order valence-electron chi connectivity index (χ1n) is 4.35. The Morgan fingerprint density at radius 3 is 2.85 bits per heavy atom. The molecule has 3 heteroatoms. The Balaban J connectivity index is 2.42. The molecule has 1 unspecified atom stereocenters. The van der Waals surface area contributed by atoms with Crippen molar-refractivity contribution in [2.45, 2.75) is 25.3 Å². The molecule has 0 bridgehead atoms. The van der Waals surface area contributed by atoms with E-state index < -0.39 is 6.43 Å². The molecule has 1 aromatic rings. The summed E-state index contributed by atoms with van der Waals surface area (Å²) in [5, 5.41) is 0. The summed E-state index contributed by atoms with van der Waals surface area (Å²) in [7, 11) is 0. The van der Waals surface area contributed by atoms with Gasteiger partial charge in [0.15, 0.2) is 0 Å². The lowest BCUT2D eigenvalue weighted by Crippen LogP contribution is -2.05. The average Bonchev–Trinajstić information content (AvgIpc) is 2.47. The van der Waals surface area contributed by atoms with Crippen LogP contribution in [0.2, 0.25) is 0 Å². The molecule has 13 heavy (non-hydrogen) atoms. The fourth-order valence-corrected chi connectivity index (χ4v) is 1.79. The minimum absolute atomic E-state index is 0.0475. The van der Waals surface area contributed by atoms with Gasteiger partial charge < -0.3 is 5.73 Å². The molecule has 1 aliphatic rings. The summed E-state index contributed by atoms with van der Waals surface area (Å²) in [6.07, 6.45) is -0.597. The standard InChI is InChI=1S/C10H11F2N/c11-10(12)7-2-1-6-3-4-9(13)8(6)5-7/h1-2,5,9-10H,3-4,13H2. The number of aryl methyl sites for hydroxylation is 1. The van der Waals surface area contributed by atoms with Crippen LogP contribution in [0.5, 0.6) is 0 Å². The Morgan fingerprint density at radius 1 is 1.38 bits per heavy atom. The van der Waals surface area contributed by atoms with E-state index in [0.717, 1.165) is 24.0 Å². The molecule has 0 aromatic heterocycles. The second-order valence-corrected chi connectivity index (χ2v) is 3.40. The van der Waals surface area contributed by atoms with E-state index in [1.807, 2.05) is 0 Å². The van der Waals surface area contributed by atoms with Crippen molar-refractivity contribution in [3.8, 4) is 0 Å². The molecule has 0 amide bonds. The number of nitrogens with two attached hydrogens (primary N) is 1. The summed E-state index contributed by atoms with van der Waals surface area (Å²) < 4.78 is 24.6. The fraction of sp³-hybridized carbons (Fsp3) is 0.400. The maximum Gasteiger partial charge on any atom is 0.263 e. The first-order chi connectivity index (χ1) is 6.18. The van der Waals surface area contributed by atoms with Crippen LogP contribution in [0.15, 0.2) is 18.2 Å². The molecule has 0 saturated heterocycles. The van der Waals surface area contributed by atoms with Gasteiger partial charge in [0.1, 0.15) is 0 Å². The number of alkyl halides is 2.